The van der Waals surface area contributed by atoms with Gasteiger partial charge in [0.1, 0.15) is 5.01 Å². The van der Waals surface area contributed by atoms with Gasteiger partial charge in [-0.2, -0.15) is 4.98 Å². The molecule has 1 aromatic carbocycles. The highest BCUT2D eigenvalue weighted by Crippen LogP contribution is 2.19. The molecule has 4 rings (SSSR count). The van der Waals surface area contributed by atoms with Crippen molar-refractivity contribution < 1.29 is 9.32 Å². The number of aryl methyl sites for hydroxylation is 3. The molecule has 0 aliphatic carbocycles. The van der Waals surface area contributed by atoms with Gasteiger partial charge in [0.15, 0.2) is 0 Å². The van der Waals surface area contributed by atoms with Crippen LogP contribution in [0.25, 0.3) is 22.3 Å². The number of rotatable bonds is 6. The van der Waals surface area contributed by atoms with Gasteiger partial charge in [0.05, 0.1) is 5.56 Å². The number of fused-ring (bicyclic) bond motifs is 1. The van der Waals surface area contributed by atoms with E-state index in [1.54, 1.807) is 6.07 Å². The van der Waals surface area contributed by atoms with Crippen LogP contribution in [0.5, 0.6) is 0 Å². The molecule has 1 amide bonds. The molecular weight excluding hydrogens is 392 g/mol. The molecule has 0 saturated carbocycles. The van der Waals surface area contributed by atoms with Crippen LogP contribution in [0.15, 0.2) is 33.6 Å². The predicted molar refractivity (Wildman–Crippen MR) is 109 cm³/mol. The van der Waals surface area contributed by atoms with E-state index in [4.69, 9.17) is 4.52 Å². The number of aromatic nitrogens is 5. The van der Waals surface area contributed by atoms with Crippen LogP contribution in [0.4, 0.5) is 5.13 Å². The third kappa shape index (κ3) is 4.37. The first-order chi connectivity index (χ1) is 14.0. The quantitative estimate of drug-likeness (QED) is 0.500. The molecule has 10 heteroatoms. The van der Waals surface area contributed by atoms with Gasteiger partial charge in [-0.15, -0.1) is 10.2 Å². The lowest BCUT2D eigenvalue weighted by atomic mass is 10.1. The first kappa shape index (κ1) is 18.9. The first-order valence-electron chi connectivity index (χ1n) is 9.04. The number of benzene rings is 1. The molecule has 2 N–H and O–H groups in total. The number of nitrogens with zero attached hydrogens (tertiary/aromatic N) is 4. The zero-order valence-electron chi connectivity index (χ0n) is 15.9. The van der Waals surface area contributed by atoms with Crippen molar-refractivity contribution in [3.05, 3.63) is 51.1 Å². The maximum absolute atomic E-state index is 12.4. The summed E-state index contributed by atoms with van der Waals surface area (Å²) >= 11 is 1.32. The van der Waals surface area contributed by atoms with E-state index < -0.39 is 0 Å². The van der Waals surface area contributed by atoms with Crippen LogP contribution in [0.1, 0.15) is 29.3 Å². The zero-order valence-corrected chi connectivity index (χ0v) is 16.7. The number of aromatic amines is 1. The van der Waals surface area contributed by atoms with Crippen molar-refractivity contribution in [1.82, 2.24) is 25.3 Å². The highest BCUT2D eigenvalue weighted by molar-refractivity contribution is 7.15. The molecule has 3 aromatic heterocycles. The van der Waals surface area contributed by atoms with Crippen LogP contribution in [-0.2, 0) is 11.2 Å². The molecule has 4 aromatic rings. The Labute approximate surface area is 169 Å². The maximum Gasteiger partial charge on any atom is 0.259 e. The first-order valence-corrected chi connectivity index (χ1v) is 9.86. The number of nitrogens with one attached hydrogen (secondary N) is 2. The lowest BCUT2D eigenvalue weighted by Crippen LogP contribution is -2.11. The molecule has 0 atom stereocenters. The molecule has 0 saturated heterocycles. The van der Waals surface area contributed by atoms with Gasteiger partial charge in [-0.25, -0.2) is 0 Å². The number of anilines is 1. The van der Waals surface area contributed by atoms with Crippen LogP contribution in [-0.4, -0.2) is 31.2 Å². The number of hydrogen-bond donors (Lipinski definition) is 2. The molecule has 3 heterocycles. The molecule has 148 valence electrons. The largest absolute Gasteiger partial charge is 0.339 e. The standard InChI is InChI=1S/C19H18N6O3S/c1-10-6-7-14-12(8-10)9-13(18(27)20-14)17-22-16(28-25-17)5-3-4-15(26)21-19-24-23-11(2)29-19/h6-9H,3-5H2,1-2H3,(H,20,27)(H,21,24,26). The molecule has 0 aliphatic heterocycles. The summed E-state index contributed by atoms with van der Waals surface area (Å²) in [6, 6.07) is 7.54. The minimum atomic E-state index is -0.277. The fourth-order valence-electron chi connectivity index (χ4n) is 2.89. The van der Waals surface area contributed by atoms with Gasteiger partial charge < -0.3 is 14.8 Å². The Hall–Kier alpha value is -3.40. The number of carbonyl (C=O) groups is 1. The second-order valence-corrected chi connectivity index (χ2v) is 7.82. The van der Waals surface area contributed by atoms with Gasteiger partial charge in [0.2, 0.25) is 22.8 Å². The summed E-state index contributed by atoms with van der Waals surface area (Å²) in [5, 5.41) is 16.5. The number of amides is 1. The van der Waals surface area contributed by atoms with E-state index in [9.17, 15) is 9.59 Å². The van der Waals surface area contributed by atoms with Crippen LogP contribution in [0.3, 0.4) is 0 Å². The van der Waals surface area contributed by atoms with Crippen molar-refractivity contribution in [2.75, 3.05) is 5.32 Å². The summed E-state index contributed by atoms with van der Waals surface area (Å²) in [6.45, 7) is 3.81. The fraction of sp³-hybridized carbons (Fsp3) is 0.263. The van der Waals surface area contributed by atoms with Gasteiger partial charge in [0.25, 0.3) is 5.56 Å². The molecule has 0 spiro atoms. The third-order valence-corrected chi connectivity index (χ3v) is 5.03. The van der Waals surface area contributed by atoms with Crippen LogP contribution < -0.4 is 10.9 Å². The third-order valence-electron chi connectivity index (χ3n) is 4.28. The Kier molecular flexibility index (Phi) is 5.17. The van der Waals surface area contributed by atoms with Crippen LogP contribution >= 0.6 is 11.3 Å². The molecule has 0 radical (unpaired) electrons. The number of H-pyrrole nitrogens is 1. The zero-order chi connectivity index (χ0) is 20.4. The summed E-state index contributed by atoms with van der Waals surface area (Å²) in [4.78, 5) is 31.5. The van der Waals surface area contributed by atoms with Crippen molar-refractivity contribution in [2.24, 2.45) is 0 Å². The summed E-state index contributed by atoms with van der Waals surface area (Å²) < 4.78 is 5.25. The number of hydrogen-bond acceptors (Lipinski definition) is 8. The number of pyridine rings is 1. The van der Waals surface area contributed by atoms with Gasteiger partial charge in [-0.3, -0.25) is 9.59 Å². The molecule has 29 heavy (non-hydrogen) atoms. The van der Waals surface area contributed by atoms with E-state index >= 15 is 0 Å². The van der Waals surface area contributed by atoms with Crippen molar-refractivity contribution in [1.29, 1.82) is 0 Å². The van der Waals surface area contributed by atoms with Crippen molar-refractivity contribution in [2.45, 2.75) is 33.1 Å². The predicted octanol–water partition coefficient (Wildman–Crippen LogP) is 3.01. The Morgan fingerprint density at radius 2 is 2.10 bits per heavy atom. The van der Waals surface area contributed by atoms with E-state index in [1.165, 1.54) is 11.3 Å². The van der Waals surface area contributed by atoms with E-state index in [0.29, 0.717) is 29.4 Å². The molecule has 9 nitrogen and oxygen atoms in total. The highest BCUT2D eigenvalue weighted by Gasteiger charge is 2.14. The van der Waals surface area contributed by atoms with Crippen LogP contribution in [0, 0.1) is 13.8 Å². The molecule has 0 unspecified atom stereocenters. The second kappa shape index (κ2) is 7.92. The van der Waals surface area contributed by atoms with Crippen molar-refractivity contribution in [3.8, 4) is 11.4 Å². The Balaban J connectivity index is 1.41. The Morgan fingerprint density at radius 3 is 2.90 bits per heavy atom. The molecule has 0 aliphatic rings. The number of carbonyl (C=O) groups excluding carboxylic acids is 1. The summed E-state index contributed by atoms with van der Waals surface area (Å²) in [6.07, 6.45) is 1.24. The van der Waals surface area contributed by atoms with Gasteiger partial charge in [0, 0.05) is 18.4 Å². The fourth-order valence-corrected chi connectivity index (χ4v) is 3.49. The SMILES string of the molecule is Cc1ccc2[nH]c(=O)c(-c3noc(CCCC(=O)Nc4nnc(C)s4)n3)cc2c1. The van der Waals surface area contributed by atoms with Gasteiger partial charge in [-0.1, -0.05) is 28.1 Å². The van der Waals surface area contributed by atoms with Crippen LogP contribution in [0.2, 0.25) is 0 Å². The molecule has 0 fully saturated rings. The Bertz CT molecular complexity index is 1240. The van der Waals surface area contributed by atoms with Crippen molar-refractivity contribution >= 4 is 33.3 Å². The second-order valence-electron chi connectivity index (χ2n) is 6.64. The summed E-state index contributed by atoms with van der Waals surface area (Å²) in [5.41, 5.74) is 1.92. The minimum absolute atomic E-state index is 0.151. The smallest absolute Gasteiger partial charge is 0.259 e. The topological polar surface area (TPSA) is 127 Å². The maximum atomic E-state index is 12.4. The summed E-state index contributed by atoms with van der Waals surface area (Å²) in [5.74, 6) is 0.462. The average molecular weight is 410 g/mol. The van der Waals surface area contributed by atoms with Crippen molar-refractivity contribution in [3.63, 3.8) is 0 Å². The van der Waals surface area contributed by atoms with Gasteiger partial charge in [-0.05, 0) is 43.9 Å². The molecule has 0 bridgehead atoms. The molecular formula is C19H18N6O3S. The van der Waals surface area contributed by atoms with E-state index in [-0.39, 0.29) is 23.7 Å². The van der Waals surface area contributed by atoms with E-state index in [0.717, 1.165) is 21.5 Å². The van der Waals surface area contributed by atoms with Gasteiger partial charge >= 0.3 is 0 Å². The van der Waals surface area contributed by atoms with E-state index in [1.807, 2.05) is 32.0 Å². The average Bonchev–Trinajstić information content (AvgIpc) is 3.30. The monoisotopic (exact) mass is 410 g/mol. The normalized spacial score (nSPS) is 11.1. The summed E-state index contributed by atoms with van der Waals surface area (Å²) in [7, 11) is 0. The lowest BCUT2D eigenvalue weighted by molar-refractivity contribution is -0.116. The minimum Gasteiger partial charge on any atom is -0.339 e. The highest BCUT2D eigenvalue weighted by atomic mass is 32.1. The lowest BCUT2D eigenvalue weighted by Gasteiger charge is -2.01. The van der Waals surface area contributed by atoms with E-state index in [2.05, 4.69) is 30.6 Å². The Morgan fingerprint density at radius 1 is 1.24 bits per heavy atom.